The summed E-state index contributed by atoms with van der Waals surface area (Å²) in [5.74, 6) is 0.861. The van der Waals surface area contributed by atoms with Crippen molar-refractivity contribution in [2.24, 2.45) is 0 Å². The van der Waals surface area contributed by atoms with E-state index < -0.39 is 6.10 Å². The smallest absolute Gasteiger partial charge is 0.133 e. The standard InChI is InChI=1S/C18H21NO2S/c1-19(2)10-11-21-16-8-5-7-14-15(20)12-13-6-3-4-9-17(13)22-18(14)16/h3-9,15,20H,10-12H2,1-2H3/t15-/m0/s1. The van der Waals surface area contributed by atoms with Gasteiger partial charge in [-0.25, -0.2) is 0 Å². The number of nitrogens with zero attached hydrogens (tertiary/aromatic N) is 1. The summed E-state index contributed by atoms with van der Waals surface area (Å²) in [4.78, 5) is 4.33. The molecule has 4 heteroatoms. The van der Waals surface area contributed by atoms with Crippen LogP contribution in [0.3, 0.4) is 0 Å². The van der Waals surface area contributed by atoms with E-state index in [0.717, 1.165) is 22.8 Å². The lowest BCUT2D eigenvalue weighted by Crippen LogP contribution is -2.19. The molecule has 22 heavy (non-hydrogen) atoms. The Morgan fingerprint density at radius 1 is 1.18 bits per heavy atom. The third-order valence-corrected chi connectivity index (χ3v) is 5.02. The fourth-order valence-electron chi connectivity index (χ4n) is 2.56. The van der Waals surface area contributed by atoms with Crippen LogP contribution in [0.4, 0.5) is 0 Å². The number of aliphatic hydroxyl groups excluding tert-OH is 1. The predicted octanol–water partition coefficient (Wildman–Crippen LogP) is 3.37. The van der Waals surface area contributed by atoms with E-state index in [1.807, 2.05) is 44.4 Å². The maximum absolute atomic E-state index is 10.5. The number of hydrogen-bond donors (Lipinski definition) is 1. The first-order valence-electron chi connectivity index (χ1n) is 7.49. The SMILES string of the molecule is CN(C)CCOc1cccc2c1Sc1ccccc1C[C@@H]2O. The van der Waals surface area contributed by atoms with Gasteiger partial charge in [0.05, 0.1) is 11.0 Å². The van der Waals surface area contributed by atoms with Crippen LogP contribution in [-0.2, 0) is 6.42 Å². The lowest BCUT2D eigenvalue weighted by atomic mass is 10.0. The highest BCUT2D eigenvalue weighted by molar-refractivity contribution is 7.99. The molecule has 2 aromatic rings. The Morgan fingerprint density at radius 3 is 2.82 bits per heavy atom. The number of ether oxygens (including phenoxy) is 1. The zero-order valence-corrected chi connectivity index (χ0v) is 13.8. The van der Waals surface area contributed by atoms with Crippen molar-refractivity contribution < 1.29 is 9.84 Å². The van der Waals surface area contributed by atoms with Gasteiger partial charge in [0, 0.05) is 17.9 Å². The lowest BCUT2D eigenvalue weighted by molar-refractivity contribution is 0.174. The van der Waals surface area contributed by atoms with E-state index in [1.54, 1.807) is 11.8 Å². The van der Waals surface area contributed by atoms with Gasteiger partial charge < -0.3 is 14.7 Å². The zero-order chi connectivity index (χ0) is 15.5. The normalized spacial score (nSPS) is 16.8. The molecular formula is C18H21NO2S. The number of likely N-dealkylation sites (N-methyl/N-ethyl adjacent to an activating group) is 1. The van der Waals surface area contributed by atoms with Gasteiger partial charge in [-0.2, -0.15) is 0 Å². The van der Waals surface area contributed by atoms with Crippen LogP contribution >= 0.6 is 11.8 Å². The van der Waals surface area contributed by atoms with Crippen LogP contribution < -0.4 is 4.74 Å². The van der Waals surface area contributed by atoms with Crippen molar-refractivity contribution in [2.75, 3.05) is 27.2 Å². The van der Waals surface area contributed by atoms with Gasteiger partial charge in [-0.3, -0.25) is 0 Å². The van der Waals surface area contributed by atoms with Crippen molar-refractivity contribution in [3.63, 3.8) is 0 Å². The maximum atomic E-state index is 10.5. The molecule has 3 nitrogen and oxygen atoms in total. The van der Waals surface area contributed by atoms with Crippen molar-refractivity contribution in [3.05, 3.63) is 53.6 Å². The Hall–Kier alpha value is -1.49. The molecule has 3 rings (SSSR count). The van der Waals surface area contributed by atoms with Crippen molar-refractivity contribution >= 4 is 11.8 Å². The predicted molar refractivity (Wildman–Crippen MR) is 89.7 cm³/mol. The molecule has 0 saturated carbocycles. The van der Waals surface area contributed by atoms with E-state index in [0.29, 0.717) is 13.0 Å². The van der Waals surface area contributed by atoms with Crippen molar-refractivity contribution in [3.8, 4) is 5.75 Å². The molecule has 2 aromatic carbocycles. The van der Waals surface area contributed by atoms with Crippen LogP contribution in [0.2, 0.25) is 0 Å². The summed E-state index contributed by atoms with van der Waals surface area (Å²) in [6, 6.07) is 14.2. The molecule has 116 valence electrons. The Labute approximate surface area is 135 Å². The van der Waals surface area contributed by atoms with E-state index in [4.69, 9.17) is 4.74 Å². The quantitative estimate of drug-likeness (QED) is 0.938. The van der Waals surface area contributed by atoms with E-state index in [2.05, 4.69) is 17.0 Å². The van der Waals surface area contributed by atoms with Crippen LogP contribution in [0, 0.1) is 0 Å². The third kappa shape index (κ3) is 3.29. The van der Waals surface area contributed by atoms with E-state index in [-0.39, 0.29) is 0 Å². The topological polar surface area (TPSA) is 32.7 Å². The highest BCUT2D eigenvalue weighted by Crippen LogP contribution is 2.45. The molecule has 1 atom stereocenters. The monoisotopic (exact) mass is 315 g/mol. The molecule has 0 saturated heterocycles. The van der Waals surface area contributed by atoms with Gasteiger partial charge in [-0.15, -0.1) is 0 Å². The molecule has 1 heterocycles. The second kappa shape index (κ2) is 6.73. The number of rotatable bonds is 4. The largest absolute Gasteiger partial charge is 0.491 e. The summed E-state index contributed by atoms with van der Waals surface area (Å²) in [5.41, 5.74) is 2.15. The van der Waals surface area contributed by atoms with Gasteiger partial charge in [0.25, 0.3) is 0 Å². The molecule has 0 spiro atoms. The summed E-state index contributed by atoms with van der Waals surface area (Å²) in [6.07, 6.45) is 0.167. The van der Waals surface area contributed by atoms with Crippen LogP contribution in [0.5, 0.6) is 5.75 Å². The Morgan fingerprint density at radius 2 is 2.00 bits per heavy atom. The molecule has 1 N–H and O–H groups in total. The van der Waals surface area contributed by atoms with E-state index in [9.17, 15) is 5.11 Å². The fourth-order valence-corrected chi connectivity index (χ4v) is 3.75. The van der Waals surface area contributed by atoms with E-state index in [1.165, 1.54) is 10.5 Å². The first-order chi connectivity index (χ1) is 10.6. The summed E-state index contributed by atoms with van der Waals surface area (Å²) in [6.45, 7) is 1.51. The Kier molecular flexibility index (Phi) is 4.71. The zero-order valence-electron chi connectivity index (χ0n) is 13.0. The molecule has 0 aromatic heterocycles. The third-order valence-electron chi connectivity index (χ3n) is 3.76. The van der Waals surface area contributed by atoms with Gasteiger partial charge in [0.2, 0.25) is 0 Å². The number of aliphatic hydroxyl groups is 1. The molecule has 0 amide bonds. The summed E-state index contributed by atoms with van der Waals surface area (Å²) >= 11 is 1.69. The molecule has 0 unspecified atom stereocenters. The van der Waals surface area contributed by atoms with Crippen molar-refractivity contribution in [2.45, 2.75) is 22.3 Å². The Balaban J connectivity index is 1.92. The molecule has 0 bridgehead atoms. The lowest BCUT2D eigenvalue weighted by Gasteiger charge is -2.17. The van der Waals surface area contributed by atoms with Crippen molar-refractivity contribution in [1.82, 2.24) is 4.90 Å². The Bertz CT molecular complexity index is 657. The van der Waals surface area contributed by atoms with Crippen LogP contribution in [-0.4, -0.2) is 37.3 Å². The molecule has 1 aliphatic heterocycles. The minimum Gasteiger partial charge on any atom is -0.491 e. The average Bonchev–Trinajstić information content (AvgIpc) is 2.64. The molecule has 0 fully saturated rings. The highest BCUT2D eigenvalue weighted by Gasteiger charge is 2.23. The number of hydrogen-bond acceptors (Lipinski definition) is 4. The number of fused-ring (bicyclic) bond motifs is 2. The first kappa shape index (κ1) is 15.4. The van der Waals surface area contributed by atoms with E-state index >= 15 is 0 Å². The van der Waals surface area contributed by atoms with Crippen molar-refractivity contribution in [1.29, 1.82) is 0 Å². The van der Waals surface area contributed by atoms with Crippen LogP contribution in [0.1, 0.15) is 17.2 Å². The van der Waals surface area contributed by atoms with Crippen LogP contribution in [0.15, 0.2) is 52.3 Å². The number of benzene rings is 2. The minimum absolute atomic E-state index is 0.483. The maximum Gasteiger partial charge on any atom is 0.133 e. The minimum atomic E-state index is -0.483. The fraction of sp³-hybridized carbons (Fsp3) is 0.333. The molecular weight excluding hydrogens is 294 g/mol. The van der Waals surface area contributed by atoms with Gasteiger partial charge in [0.1, 0.15) is 12.4 Å². The molecule has 0 radical (unpaired) electrons. The van der Waals surface area contributed by atoms with Gasteiger partial charge >= 0.3 is 0 Å². The summed E-state index contributed by atoms with van der Waals surface area (Å²) < 4.78 is 5.96. The molecule has 1 aliphatic rings. The first-order valence-corrected chi connectivity index (χ1v) is 8.31. The summed E-state index contributed by atoms with van der Waals surface area (Å²) in [5, 5.41) is 10.5. The highest BCUT2D eigenvalue weighted by atomic mass is 32.2. The second-order valence-corrected chi connectivity index (χ2v) is 6.81. The van der Waals surface area contributed by atoms with Gasteiger partial charge in [-0.05, 0) is 37.4 Å². The average molecular weight is 315 g/mol. The van der Waals surface area contributed by atoms with Gasteiger partial charge in [0.15, 0.2) is 0 Å². The van der Waals surface area contributed by atoms with Crippen LogP contribution in [0.25, 0.3) is 0 Å². The second-order valence-electron chi connectivity index (χ2n) is 5.76. The van der Waals surface area contributed by atoms with Gasteiger partial charge in [-0.1, -0.05) is 42.1 Å². The summed E-state index contributed by atoms with van der Waals surface area (Å²) in [7, 11) is 4.06. The molecule has 0 aliphatic carbocycles.